The minimum atomic E-state index is -4.25. The van der Waals surface area contributed by atoms with Crippen molar-refractivity contribution >= 4 is 19.7 Å². The van der Waals surface area contributed by atoms with Crippen molar-refractivity contribution in [1.29, 1.82) is 0 Å². The molecule has 0 bridgehead atoms. The van der Waals surface area contributed by atoms with E-state index in [-0.39, 0.29) is 9.79 Å². The van der Waals surface area contributed by atoms with Crippen LogP contribution in [0, 0.1) is 0 Å². The molecule has 1 heterocycles. The molecule has 2 aromatic rings. The number of sulfone groups is 2. The lowest BCUT2D eigenvalue weighted by atomic mass is 10.4. The summed E-state index contributed by atoms with van der Waals surface area (Å²) in [5, 5.41) is 6.76. The van der Waals surface area contributed by atoms with E-state index in [1.165, 1.54) is 48.5 Å². The van der Waals surface area contributed by atoms with E-state index in [1.807, 2.05) is 0 Å². The standard InChI is InChI=1S/C13H10N2O4S2/c16-20(17,11-7-3-1-4-8-11)13(14-15-13)21(18,19)12-9-5-2-6-10-12/h1-10H. The summed E-state index contributed by atoms with van der Waals surface area (Å²) in [4.78, 5) is -0.260. The summed E-state index contributed by atoms with van der Waals surface area (Å²) in [5.74, 6) is 0. The monoisotopic (exact) mass is 322 g/mol. The van der Waals surface area contributed by atoms with E-state index in [1.54, 1.807) is 12.1 Å². The van der Waals surface area contributed by atoms with Gasteiger partial charge in [-0.1, -0.05) is 36.4 Å². The Kier molecular flexibility index (Phi) is 2.96. The quantitative estimate of drug-likeness (QED) is 0.860. The lowest BCUT2D eigenvalue weighted by molar-refractivity contribution is 0.568. The summed E-state index contributed by atoms with van der Waals surface area (Å²) < 4.78 is 47.8. The minimum absolute atomic E-state index is 0.130. The third-order valence-corrected chi connectivity index (χ3v) is 7.90. The Bertz CT molecular complexity index is 828. The first-order valence-electron chi connectivity index (χ1n) is 5.95. The van der Waals surface area contributed by atoms with Crippen molar-refractivity contribution in [2.45, 2.75) is 14.1 Å². The molecular weight excluding hydrogens is 312 g/mol. The molecule has 8 heteroatoms. The maximum absolute atomic E-state index is 12.6. The molecule has 1 aliphatic heterocycles. The molecule has 0 unspecified atom stereocenters. The summed E-state index contributed by atoms with van der Waals surface area (Å²) in [6, 6.07) is 14.6. The van der Waals surface area contributed by atoms with Crippen LogP contribution in [0.1, 0.15) is 0 Å². The summed E-state index contributed by atoms with van der Waals surface area (Å²) in [6.07, 6.45) is 0. The zero-order valence-corrected chi connectivity index (χ0v) is 12.3. The van der Waals surface area contributed by atoms with E-state index in [2.05, 4.69) is 10.2 Å². The number of rotatable bonds is 4. The zero-order valence-electron chi connectivity index (χ0n) is 10.6. The Morgan fingerprint density at radius 1 is 0.619 bits per heavy atom. The first kappa shape index (κ1) is 13.9. The second kappa shape index (κ2) is 4.47. The molecule has 21 heavy (non-hydrogen) atoms. The van der Waals surface area contributed by atoms with Crippen LogP contribution in [0.5, 0.6) is 0 Å². The molecule has 6 nitrogen and oxygen atoms in total. The minimum Gasteiger partial charge on any atom is -0.218 e. The van der Waals surface area contributed by atoms with E-state index in [0.29, 0.717) is 0 Å². The highest BCUT2D eigenvalue weighted by Crippen LogP contribution is 2.46. The van der Waals surface area contributed by atoms with E-state index in [9.17, 15) is 16.8 Å². The van der Waals surface area contributed by atoms with Gasteiger partial charge >= 0.3 is 4.33 Å². The smallest absolute Gasteiger partial charge is 0.218 e. The van der Waals surface area contributed by atoms with Crippen molar-refractivity contribution in [1.82, 2.24) is 0 Å². The van der Waals surface area contributed by atoms with Crippen molar-refractivity contribution < 1.29 is 16.8 Å². The second-order valence-electron chi connectivity index (χ2n) is 4.38. The van der Waals surface area contributed by atoms with Crippen molar-refractivity contribution in [2.24, 2.45) is 10.2 Å². The largest absolute Gasteiger partial charge is 0.397 e. The van der Waals surface area contributed by atoms with Crippen LogP contribution < -0.4 is 0 Å². The molecule has 0 amide bonds. The molecule has 0 fully saturated rings. The SMILES string of the molecule is O=S(=O)(c1ccccc1)C1(S(=O)(=O)c2ccccc2)N=N1. The average molecular weight is 322 g/mol. The Hall–Kier alpha value is -2.06. The van der Waals surface area contributed by atoms with Crippen LogP contribution in [0.25, 0.3) is 0 Å². The molecule has 108 valence electrons. The first-order valence-corrected chi connectivity index (χ1v) is 8.92. The molecule has 0 atom stereocenters. The normalized spacial score (nSPS) is 16.6. The molecule has 0 aromatic heterocycles. The predicted octanol–water partition coefficient (Wildman–Crippen LogP) is 2.01. The van der Waals surface area contributed by atoms with E-state index < -0.39 is 24.0 Å². The first-order chi connectivity index (χ1) is 9.92. The van der Waals surface area contributed by atoms with E-state index in [0.717, 1.165) is 0 Å². The van der Waals surface area contributed by atoms with Gasteiger partial charge in [0.2, 0.25) is 19.7 Å². The van der Waals surface area contributed by atoms with Crippen molar-refractivity contribution in [3.05, 3.63) is 60.7 Å². The van der Waals surface area contributed by atoms with Gasteiger partial charge in [0.25, 0.3) is 0 Å². The lowest BCUT2D eigenvalue weighted by Crippen LogP contribution is -2.34. The molecule has 0 aliphatic carbocycles. The van der Waals surface area contributed by atoms with Gasteiger partial charge in [0, 0.05) is 0 Å². The summed E-state index contributed by atoms with van der Waals surface area (Å²) in [5.41, 5.74) is 0. The Balaban J connectivity index is 2.15. The average Bonchev–Trinajstić information content (AvgIpc) is 3.31. The predicted molar refractivity (Wildman–Crippen MR) is 74.8 cm³/mol. The topological polar surface area (TPSA) is 93.0 Å². The van der Waals surface area contributed by atoms with Crippen LogP contribution in [-0.2, 0) is 19.7 Å². The van der Waals surface area contributed by atoms with Crippen LogP contribution >= 0.6 is 0 Å². The third-order valence-electron chi connectivity index (χ3n) is 3.07. The number of hydrogen-bond acceptors (Lipinski definition) is 6. The molecule has 0 saturated carbocycles. The molecule has 0 saturated heterocycles. The fraction of sp³-hybridized carbons (Fsp3) is 0.0769. The van der Waals surface area contributed by atoms with Gasteiger partial charge in [0.15, 0.2) is 0 Å². The number of hydrogen-bond donors (Lipinski definition) is 0. The molecule has 0 N–H and O–H groups in total. The Labute approximate surface area is 122 Å². The van der Waals surface area contributed by atoms with Gasteiger partial charge < -0.3 is 0 Å². The van der Waals surface area contributed by atoms with Gasteiger partial charge in [-0.25, -0.2) is 16.8 Å². The second-order valence-corrected chi connectivity index (χ2v) is 8.73. The van der Waals surface area contributed by atoms with Crippen LogP contribution in [0.2, 0.25) is 0 Å². The molecular formula is C13H10N2O4S2. The fourth-order valence-electron chi connectivity index (χ4n) is 1.91. The molecule has 3 rings (SSSR count). The Morgan fingerprint density at radius 3 is 1.24 bits per heavy atom. The van der Waals surface area contributed by atoms with Gasteiger partial charge in [-0.15, -0.1) is 10.2 Å². The molecule has 0 radical (unpaired) electrons. The third kappa shape index (κ3) is 1.90. The van der Waals surface area contributed by atoms with Gasteiger partial charge in [-0.2, -0.15) is 0 Å². The lowest BCUT2D eigenvalue weighted by Gasteiger charge is -2.13. The summed E-state index contributed by atoms with van der Waals surface area (Å²) >= 11 is 0. The number of benzene rings is 2. The van der Waals surface area contributed by atoms with Gasteiger partial charge in [0.1, 0.15) is 0 Å². The Morgan fingerprint density at radius 2 is 0.952 bits per heavy atom. The van der Waals surface area contributed by atoms with Gasteiger partial charge in [0.05, 0.1) is 9.79 Å². The van der Waals surface area contributed by atoms with E-state index >= 15 is 0 Å². The van der Waals surface area contributed by atoms with Gasteiger partial charge in [-0.05, 0) is 24.3 Å². The number of nitrogens with zero attached hydrogens (tertiary/aromatic N) is 2. The maximum Gasteiger partial charge on any atom is 0.397 e. The van der Waals surface area contributed by atoms with Crippen molar-refractivity contribution in [3.63, 3.8) is 0 Å². The van der Waals surface area contributed by atoms with Gasteiger partial charge in [-0.3, -0.25) is 0 Å². The molecule has 1 aliphatic rings. The zero-order chi connectivity index (χ0) is 15.1. The highest BCUT2D eigenvalue weighted by atomic mass is 32.3. The molecule has 0 spiro atoms. The van der Waals surface area contributed by atoms with Crippen molar-refractivity contribution in [3.8, 4) is 0 Å². The highest BCUT2D eigenvalue weighted by molar-refractivity contribution is 8.10. The van der Waals surface area contributed by atoms with Crippen LogP contribution in [0.3, 0.4) is 0 Å². The molecule has 2 aromatic carbocycles. The summed E-state index contributed by atoms with van der Waals surface area (Å²) in [6.45, 7) is 0. The van der Waals surface area contributed by atoms with Crippen molar-refractivity contribution in [2.75, 3.05) is 0 Å². The fourth-order valence-corrected chi connectivity index (χ4v) is 5.80. The van der Waals surface area contributed by atoms with Crippen LogP contribution in [0.15, 0.2) is 80.7 Å². The summed E-state index contributed by atoms with van der Waals surface area (Å²) in [7, 11) is -8.51. The van der Waals surface area contributed by atoms with E-state index in [4.69, 9.17) is 0 Å². The maximum atomic E-state index is 12.6. The van der Waals surface area contributed by atoms with Crippen LogP contribution in [-0.4, -0.2) is 21.2 Å². The highest BCUT2D eigenvalue weighted by Gasteiger charge is 2.65. The van der Waals surface area contributed by atoms with Crippen LogP contribution in [0.4, 0.5) is 0 Å².